The molecule has 1 amide bonds. The zero-order valence-corrected chi connectivity index (χ0v) is 21.6. The molecule has 1 aliphatic carbocycles. The number of carbonyl (C=O) groups excluding carboxylic acids is 1. The Morgan fingerprint density at radius 1 is 0.846 bits per heavy atom. The number of nitrogens with two attached hydrogens (primary N) is 2. The molecule has 0 aliphatic heterocycles. The number of hydrogen-bond acceptors (Lipinski definition) is 4. The molecule has 4 aromatic rings. The Kier molecular flexibility index (Phi) is 7.49. The van der Waals surface area contributed by atoms with Crippen LogP contribution in [-0.4, -0.2) is 34.4 Å². The quantitative estimate of drug-likeness (QED) is 0.150. The number of amidine groups is 1. The Labute approximate surface area is 227 Å². The highest BCUT2D eigenvalue weighted by molar-refractivity contribution is 6.02. The number of hydrogen-bond donors (Lipinski definition) is 6. The molecule has 3 aromatic carbocycles. The minimum Gasteiger partial charge on any atom is -0.457 e. The van der Waals surface area contributed by atoms with Gasteiger partial charge in [-0.1, -0.05) is 42.5 Å². The monoisotopic (exact) mass is 523 g/mol. The average Bonchev–Trinajstić information content (AvgIpc) is 3.29. The van der Waals surface area contributed by atoms with Gasteiger partial charge in [-0.15, -0.1) is 0 Å². The molecule has 39 heavy (non-hydrogen) atoms. The van der Waals surface area contributed by atoms with E-state index >= 15 is 0 Å². The van der Waals surface area contributed by atoms with Crippen LogP contribution in [0.1, 0.15) is 47.3 Å². The summed E-state index contributed by atoms with van der Waals surface area (Å²) >= 11 is 0. The molecule has 1 aliphatic rings. The van der Waals surface area contributed by atoms with Crippen LogP contribution in [-0.2, 0) is 6.54 Å². The smallest absolute Gasteiger partial charge is 0.268 e. The summed E-state index contributed by atoms with van der Waals surface area (Å²) in [6.45, 7) is 0.467. The molecule has 200 valence electrons. The van der Waals surface area contributed by atoms with Crippen molar-refractivity contribution in [2.75, 3.05) is 0 Å². The Balaban J connectivity index is 1.37. The molecule has 9 heteroatoms. The van der Waals surface area contributed by atoms with Crippen molar-refractivity contribution < 1.29 is 9.53 Å². The predicted molar refractivity (Wildman–Crippen MR) is 154 cm³/mol. The van der Waals surface area contributed by atoms with Gasteiger partial charge in [0.15, 0.2) is 5.96 Å². The first kappa shape index (κ1) is 25.8. The lowest BCUT2D eigenvalue weighted by molar-refractivity contribution is 0.0916. The van der Waals surface area contributed by atoms with Crippen LogP contribution in [0.5, 0.6) is 11.5 Å². The first-order valence-electron chi connectivity index (χ1n) is 13.1. The van der Waals surface area contributed by atoms with Crippen LogP contribution in [0, 0.1) is 10.8 Å². The summed E-state index contributed by atoms with van der Waals surface area (Å²) in [5.74, 6) is 1.32. The maximum atomic E-state index is 13.5. The van der Waals surface area contributed by atoms with Crippen molar-refractivity contribution in [2.45, 2.75) is 44.3 Å². The van der Waals surface area contributed by atoms with Crippen molar-refractivity contribution in [3.8, 4) is 11.5 Å². The normalized spacial score (nSPS) is 16.9. The summed E-state index contributed by atoms with van der Waals surface area (Å²) in [6.07, 6.45) is 3.31. The zero-order chi connectivity index (χ0) is 27.4. The van der Waals surface area contributed by atoms with Gasteiger partial charge in [-0.3, -0.25) is 15.6 Å². The van der Waals surface area contributed by atoms with Gasteiger partial charge in [0.1, 0.15) is 23.0 Å². The van der Waals surface area contributed by atoms with Gasteiger partial charge in [0.25, 0.3) is 5.91 Å². The standard InChI is InChI=1S/C30H33N7O2/c31-28(32)21-9-8-20-16-27(29(38)35-22-10-12-23(13-11-22)36-30(33)34)37(26(20)17-21)18-19-6-14-25(15-7-19)39-24-4-2-1-3-5-24/h1-9,14-17,22-23H,10-13,18H2,(H3,31,32)(H,35,38)(H4,33,34,36)/t22-,23-. The van der Waals surface area contributed by atoms with Crippen molar-refractivity contribution in [1.29, 1.82) is 10.8 Å². The lowest BCUT2D eigenvalue weighted by Crippen LogP contribution is -2.45. The molecular weight excluding hydrogens is 490 g/mol. The fourth-order valence-corrected chi connectivity index (χ4v) is 5.11. The highest BCUT2D eigenvalue weighted by atomic mass is 16.5. The van der Waals surface area contributed by atoms with Crippen molar-refractivity contribution in [3.05, 3.63) is 95.7 Å². The van der Waals surface area contributed by atoms with Gasteiger partial charge in [0, 0.05) is 35.1 Å². The van der Waals surface area contributed by atoms with Gasteiger partial charge in [0.2, 0.25) is 0 Å². The third-order valence-electron chi connectivity index (χ3n) is 7.11. The molecule has 1 heterocycles. The number of amides is 1. The van der Waals surface area contributed by atoms with Crippen LogP contribution in [0.4, 0.5) is 0 Å². The molecule has 0 saturated heterocycles. The molecule has 5 rings (SSSR count). The fourth-order valence-electron chi connectivity index (χ4n) is 5.11. The number of rotatable bonds is 8. The number of benzene rings is 3. The summed E-state index contributed by atoms with van der Waals surface area (Å²) in [5, 5.41) is 22.4. The minimum absolute atomic E-state index is 0.0170. The van der Waals surface area contributed by atoms with Crippen LogP contribution in [0.25, 0.3) is 10.9 Å². The van der Waals surface area contributed by atoms with Gasteiger partial charge >= 0.3 is 0 Å². The second-order valence-corrected chi connectivity index (χ2v) is 9.94. The molecule has 0 unspecified atom stereocenters. The summed E-state index contributed by atoms with van der Waals surface area (Å²) in [4.78, 5) is 13.5. The summed E-state index contributed by atoms with van der Waals surface area (Å²) in [5.41, 5.74) is 14.3. The van der Waals surface area contributed by atoms with Crippen LogP contribution in [0.15, 0.2) is 78.9 Å². The Hall–Kier alpha value is -4.79. The second kappa shape index (κ2) is 11.3. The number of fused-ring (bicyclic) bond motifs is 1. The van der Waals surface area contributed by atoms with Gasteiger partial charge in [-0.2, -0.15) is 0 Å². The van der Waals surface area contributed by atoms with Crippen LogP contribution >= 0.6 is 0 Å². The third kappa shape index (κ3) is 6.20. The number of carbonyl (C=O) groups is 1. The fraction of sp³-hybridized carbons (Fsp3) is 0.233. The molecular formula is C30H33N7O2. The third-order valence-corrected chi connectivity index (χ3v) is 7.11. The largest absolute Gasteiger partial charge is 0.457 e. The van der Waals surface area contributed by atoms with E-state index in [9.17, 15) is 4.79 Å². The second-order valence-electron chi connectivity index (χ2n) is 9.94. The molecule has 8 N–H and O–H groups in total. The molecule has 1 saturated carbocycles. The lowest BCUT2D eigenvalue weighted by atomic mass is 9.91. The summed E-state index contributed by atoms with van der Waals surface area (Å²) in [6, 6.07) is 25.1. The van der Waals surface area contributed by atoms with Crippen LogP contribution < -0.4 is 26.8 Å². The van der Waals surface area contributed by atoms with E-state index in [0.29, 0.717) is 17.8 Å². The zero-order valence-electron chi connectivity index (χ0n) is 21.6. The maximum absolute atomic E-state index is 13.5. The maximum Gasteiger partial charge on any atom is 0.268 e. The number of ether oxygens (including phenoxy) is 1. The van der Waals surface area contributed by atoms with Crippen LogP contribution in [0.3, 0.4) is 0 Å². The van der Waals surface area contributed by atoms with Gasteiger partial charge in [0.05, 0.1) is 0 Å². The molecule has 9 nitrogen and oxygen atoms in total. The Bertz CT molecular complexity index is 1490. The van der Waals surface area contributed by atoms with Gasteiger partial charge < -0.3 is 31.4 Å². The number of guanidine groups is 1. The Morgan fingerprint density at radius 2 is 1.49 bits per heavy atom. The average molecular weight is 524 g/mol. The van der Waals surface area contributed by atoms with Crippen LogP contribution in [0.2, 0.25) is 0 Å². The molecule has 0 atom stereocenters. The molecule has 0 radical (unpaired) electrons. The van der Waals surface area contributed by atoms with E-state index in [0.717, 1.165) is 53.6 Å². The first-order valence-corrected chi connectivity index (χ1v) is 13.1. The topological polar surface area (TPSA) is 155 Å². The predicted octanol–water partition coefficient (Wildman–Crippen LogP) is 4.29. The number of nitrogens with zero attached hydrogens (tertiary/aromatic N) is 1. The summed E-state index contributed by atoms with van der Waals surface area (Å²) in [7, 11) is 0. The van der Waals surface area contributed by atoms with Crippen molar-refractivity contribution in [3.63, 3.8) is 0 Å². The van der Waals surface area contributed by atoms with E-state index in [2.05, 4.69) is 10.6 Å². The number of aromatic nitrogens is 1. The first-order chi connectivity index (χ1) is 18.9. The van der Waals surface area contributed by atoms with Crippen molar-refractivity contribution in [2.24, 2.45) is 11.5 Å². The molecule has 0 spiro atoms. The SMILES string of the molecule is N=C(N)N[C@H]1CC[C@H](NC(=O)c2cc3ccc(C(=N)N)cc3n2Cc2ccc(Oc3ccccc3)cc2)CC1. The van der Waals surface area contributed by atoms with E-state index in [1.807, 2.05) is 77.4 Å². The number of nitrogens with one attached hydrogen (secondary N) is 4. The number of para-hydroxylation sites is 1. The minimum atomic E-state index is -0.136. The van der Waals surface area contributed by atoms with E-state index < -0.39 is 0 Å². The van der Waals surface area contributed by atoms with Gasteiger partial charge in [-0.25, -0.2) is 0 Å². The van der Waals surface area contributed by atoms with E-state index in [1.54, 1.807) is 6.07 Å². The molecule has 0 bridgehead atoms. The van der Waals surface area contributed by atoms with E-state index in [1.165, 1.54) is 0 Å². The highest BCUT2D eigenvalue weighted by Gasteiger charge is 2.25. The molecule has 1 fully saturated rings. The highest BCUT2D eigenvalue weighted by Crippen LogP contribution is 2.26. The molecule has 1 aromatic heterocycles. The van der Waals surface area contributed by atoms with Crippen molar-refractivity contribution in [1.82, 2.24) is 15.2 Å². The Morgan fingerprint density at radius 3 is 2.13 bits per heavy atom. The lowest BCUT2D eigenvalue weighted by Gasteiger charge is -2.29. The van der Waals surface area contributed by atoms with E-state index in [4.69, 9.17) is 27.0 Å². The van der Waals surface area contributed by atoms with E-state index in [-0.39, 0.29) is 29.8 Å². The summed E-state index contributed by atoms with van der Waals surface area (Å²) < 4.78 is 7.90. The number of nitrogen functional groups attached to an aromatic ring is 1. The van der Waals surface area contributed by atoms with Crippen molar-refractivity contribution >= 4 is 28.6 Å². The van der Waals surface area contributed by atoms with Gasteiger partial charge in [-0.05, 0) is 67.6 Å².